The molecule has 0 bridgehead atoms. The van der Waals surface area contributed by atoms with Crippen LogP contribution in [0.4, 0.5) is 0 Å². The van der Waals surface area contributed by atoms with Crippen LogP contribution < -0.4 is 0 Å². The number of esters is 2. The Morgan fingerprint density at radius 3 is 1.13 bits per heavy atom. The summed E-state index contributed by atoms with van der Waals surface area (Å²) in [5, 5.41) is 27.0. The number of rotatable bonds is 5. The Balaban J connectivity index is 1.83. The van der Waals surface area contributed by atoms with E-state index in [2.05, 4.69) is 0 Å². The maximum Gasteiger partial charge on any atom is 0.306 e. The molecule has 0 spiro atoms. The lowest BCUT2D eigenvalue weighted by molar-refractivity contribution is -0.164. The van der Waals surface area contributed by atoms with Crippen LogP contribution in [0.5, 0.6) is 0 Å². The summed E-state index contributed by atoms with van der Waals surface area (Å²) in [6.07, 6.45) is 0.970. The van der Waals surface area contributed by atoms with E-state index in [1.807, 2.05) is 55.4 Å². The summed E-state index contributed by atoms with van der Waals surface area (Å²) in [4.78, 5) is 24.6. The average molecular weight is 427 g/mol. The van der Waals surface area contributed by atoms with Gasteiger partial charge in [0.05, 0.1) is 12.8 Å². The monoisotopic (exact) mass is 426 g/mol. The third kappa shape index (κ3) is 5.72. The lowest BCUT2D eigenvalue weighted by Crippen LogP contribution is -2.59. The second kappa shape index (κ2) is 8.37. The lowest BCUT2D eigenvalue weighted by Gasteiger charge is -2.59. The van der Waals surface area contributed by atoms with Gasteiger partial charge in [-0.3, -0.25) is 9.59 Å². The molecular weight excluding hydrogens is 388 g/mol. The van der Waals surface area contributed by atoms with Crippen LogP contribution in [-0.4, -0.2) is 56.4 Å². The molecule has 0 atom stereocenters. The zero-order chi connectivity index (χ0) is 23.1. The first-order valence-electron chi connectivity index (χ1n) is 10.8. The highest BCUT2D eigenvalue weighted by Gasteiger charge is 2.43. The van der Waals surface area contributed by atoms with Crippen molar-refractivity contribution < 1.29 is 19.1 Å². The summed E-state index contributed by atoms with van der Waals surface area (Å²) in [5.74, 6) is -0.920. The van der Waals surface area contributed by atoms with Crippen molar-refractivity contribution in [1.82, 2.24) is 10.1 Å². The molecule has 2 heterocycles. The fraction of sp³-hybridized carbons (Fsp3) is 0.909. The molecule has 8 nitrogen and oxygen atoms in total. The molecule has 2 rings (SSSR count). The van der Waals surface area contributed by atoms with Crippen molar-refractivity contribution in [1.29, 1.82) is 0 Å². The molecule has 0 aromatic rings. The molecule has 0 aliphatic carbocycles. The number of carbonyl (C=O) groups is 2. The van der Waals surface area contributed by atoms with Crippen LogP contribution in [0.25, 0.3) is 0 Å². The summed E-state index contributed by atoms with van der Waals surface area (Å²) >= 11 is 0. The molecule has 0 amide bonds. The van der Waals surface area contributed by atoms with Gasteiger partial charge in [0.25, 0.3) is 0 Å². The van der Waals surface area contributed by atoms with E-state index in [4.69, 9.17) is 9.47 Å². The number of hydroxylamine groups is 4. The first-order valence-corrected chi connectivity index (χ1v) is 10.8. The maximum atomic E-state index is 12.4. The molecular formula is C22H38N2O6-2. The highest BCUT2D eigenvalue weighted by atomic mass is 16.6. The summed E-state index contributed by atoms with van der Waals surface area (Å²) in [7, 11) is 0. The summed E-state index contributed by atoms with van der Waals surface area (Å²) < 4.78 is 11.1. The number of piperidine rings is 2. The molecule has 2 saturated heterocycles. The van der Waals surface area contributed by atoms with E-state index in [-0.39, 0.29) is 25.0 Å². The van der Waals surface area contributed by atoms with Gasteiger partial charge in [0, 0.05) is 47.8 Å². The SMILES string of the molecule is CC1(C)CC(OC(=O)CCC(=O)OC2CC(C)(C)N([O-])C(C)(C)C2)CC(C)(C)N1[O-]. The predicted octanol–water partition coefficient (Wildman–Crippen LogP) is 3.89. The van der Waals surface area contributed by atoms with Crippen LogP contribution in [0.15, 0.2) is 0 Å². The van der Waals surface area contributed by atoms with Gasteiger partial charge in [0.2, 0.25) is 0 Å². The minimum absolute atomic E-state index is 0.0650. The van der Waals surface area contributed by atoms with Gasteiger partial charge in [0.1, 0.15) is 12.2 Å². The largest absolute Gasteiger partial charge is 0.784 e. The Hall–Kier alpha value is -1.22. The highest BCUT2D eigenvalue weighted by Crippen LogP contribution is 2.40. The Bertz CT molecular complexity index is 566. The number of hydrogen-bond donors (Lipinski definition) is 0. The minimum atomic E-state index is -0.623. The molecule has 0 N–H and O–H groups in total. The van der Waals surface area contributed by atoms with Gasteiger partial charge in [-0.25, -0.2) is 0 Å². The lowest BCUT2D eigenvalue weighted by atomic mass is 9.80. The van der Waals surface area contributed by atoms with E-state index >= 15 is 0 Å². The molecule has 0 radical (unpaired) electrons. The minimum Gasteiger partial charge on any atom is -0.784 e. The van der Waals surface area contributed by atoms with Crippen molar-refractivity contribution >= 4 is 11.9 Å². The Morgan fingerprint density at radius 1 is 0.667 bits per heavy atom. The van der Waals surface area contributed by atoms with Crippen LogP contribution in [-0.2, 0) is 19.1 Å². The highest BCUT2D eigenvalue weighted by molar-refractivity contribution is 5.77. The number of carbonyl (C=O) groups excluding carboxylic acids is 2. The zero-order valence-electron chi connectivity index (χ0n) is 19.7. The molecule has 2 aliphatic heterocycles. The molecule has 2 aliphatic rings. The molecule has 0 aromatic heterocycles. The first-order chi connectivity index (χ1) is 13.5. The van der Waals surface area contributed by atoms with Crippen molar-refractivity contribution in [3.63, 3.8) is 0 Å². The van der Waals surface area contributed by atoms with Crippen LogP contribution in [0.1, 0.15) is 93.9 Å². The fourth-order valence-electron chi connectivity index (χ4n) is 5.20. The van der Waals surface area contributed by atoms with E-state index in [0.717, 1.165) is 10.1 Å². The Labute approximate surface area is 180 Å². The number of hydrogen-bond acceptors (Lipinski definition) is 8. The van der Waals surface area contributed by atoms with E-state index < -0.39 is 34.1 Å². The van der Waals surface area contributed by atoms with Crippen LogP contribution in [0.2, 0.25) is 0 Å². The van der Waals surface area contributed by atoms with Crippen molar-refractivity contribution in [2.75, 3.05) is 0 Å². The molecule has 0 unspecified atom stereocenters. The van der Waals surface area contributed by atoms with Gasteiger partial charge in [-0.1, -0.05) is 0 Å². The van der Waals surface area contributed by atoms with Gasteiger partial charge in [-0.15, -0.1) is 0 Å². The third-order valence-corrected chi connectivity index (χ3v) is 6.24. The quantitative estimate of drug-likeness (QED) is 0.610. The van der Waals surface area contributed by atoms with Crippen molar-refractivity contribution in [2.24, 2.45) is 0 Å². The topological polar surface area (TPSA) is 105 Å². The van der Waals surface area contributed by atoms with Crippen molar-refractivity contribution in [3.05, 3.63) is 10.4 Å². The van der Waals surface area contributed by atoms with Crippen molar-refractivity contribution in [3.8, 4) is 0 Å². The molecule has 8 heteroatoms. The van der Waals surface area contributed by atoms with Gasteiger partial charge in [-0.2, -0.15) is 0 Å². The van der Waals surface area contributed by atoms with E-state index in [0.29, 0.717) is 25.7 Å². The van der Waals surface area contributed by atoms with Crippen LogP contribution in [0, 0.1) is 10.4 Å². The fourth-order valence-corrected chi connectivity index (χ4v) is 5.20. The number of nitrogens with zero attached hydrogens (tertiary/aromatic N) is 2. The normalized spacial score (nSPS) is 26.9. The van der Waals surface area contributed by atoms with Crippen LogP contribution in [0.3, 0.4) is 0 Å². The maximum absolute atomic E-state index is 12.4. The van der Waals surface area contributed by atoms with E-state index in [1.54, 1.807) is 0 Å². The molecule has 174 valence electrons. The van der Waals surface area contributed by atoms with Gasteiger partial charge in [-0.05, 0) is 55.4 Å². The molecule has 2 fully saturated rings. The third-order valence-electron chi connectivity index (χ3n) is 6.24. The number of ether oxygens (including phenoxy) is 2. The zero-order valence-corrected chi connectivity index (χ0v) is 19.7. The average Bonchev–Trinajstić information content (AvgIpc) is 2.54. The standard InChI is InChI=1S/C22H38N2O6/c1-19(2)11-15(12-20(3,4)23(19)27)29-17(25)9-10-18(26)30-16-13-21(5,6)24(28)22(7,8)14-16/h15-16H,9-14H2,1-8H3/q-2. The van der Waals surface area contributed by atoms with Gasteiger partial charge in [0.15, 0.2) is 0 Å². The summed E-state index contributed by atoms with van der Waals surface area (Å²) in [5.41, 5.74) is -2.49. The van der Waals surface area contributed by atoms with Crippen molar-refractivity contribution in [2.45, 2.75) is 128 Å². The van der Waals surface area contributed by atoms with E-state index in [1.165, 1.54) is 0 Å². The van der Waals surface area contributed by atoms with Gasteiger partial charge >= 0.3 is 11.9 Å². The van der Waals surface area contributed by atoms with Gasteiger partial charge < -0.3 is 30.0 Å². The van der Waals surface area contributed by atoms with Crippen LogP contribution >= 0.6 is 0 Å². The molecule has 0 aromatic carbocycles. The second-order valence-electron chi connectivity index (χ2n) is 11.4. The summed E-state index contributed by atoms with van der Waals surface area (Å²) in [6.45, 7) is 14.7. The molecule has 30 heavy (non-hydrogen) atoms. The van der Waals surface area contributed by atoms with E-state index in [9.17, 15) is 20.0 Å². The predicted molar refractivity (Wildman–Crippen MR) is 114 cm³/mol. The molecule has 0 saturated carbocycles. The summed E-state index contributed by atoms with van der Waals surface area (Å²) in [6, 6.07) is 0. The Morgan fingerprint density at radius 2 is 0.900 bits per heavy atom. The smallest absolute Gasteiger partial charge is 0.306 e. The first kappa shape index (κ1) is 25.0. The second-order valence-corrected chi connectivity index (χ2v) is 11.4. The Kier molecular flexibility index (Phi) is 6.99.